The summed E-state index contributed by atoms with van der Waals surface area (Å²) in [6, 6.07) is 1.54. The second-order valence-electron chi connectivity index (χ2n) is 4.88. The van der Waals surface area contributed by atoms with Crippen LogP contribution in [0.25, 0.3) is 0 Å². The van der Waals surface area contributed by atoms with Gasteiger partial charge < -0.3 is 5.32 Å². The fourth-order valence-electron chi connectivity index (χ4n) is 2.42. The molecule has 1 heterocycles. The van der Waals surface area contributed by atoms with Gasteiger partial charge in [-0.1, -0.05) is 26.7 Å². The van der Waals surface area contributed by atoms with Crippen molar-refractivity contribution in [3.63, 3.8) is 0 Å². The lowest BCUT2D eigenvalue weighted by Gasteiger charge is -2.27. The van der Waals surface area contributed by atoms with Crippen molar-refractivity contribution in [2.45, 2.75) is 65.0 Å². The molecule has 0 aliphatic carbocycles. The van der Waals surface area contributed by atoms with E-state index in [1.807, 2.05) is 0 Å². The summed E-state index contributed by atoms with van der Waals surface area (Å²) in [6.07, 6.45) is 6.67. The largest absolute Gasteiger partial charge is 0.313 e. The van der Waals surface area contributed by atoms with Crippen LogP contribution < -0.4 is 5.32 Å². The van der Waals surface area contributed by atoms with Crippen molar-refractivity contribution >= 4 is 0 Å². The van der Waals surface area contributed by atoms with Crippen molar-refractivity contribution in [3.05, 3.63) is 0 Å². The van der Waals surface area contributed by atoms with E-state index in [9.17, 15) is 0 Å². The first-order valence-corrected chi connectivity index (χ1v) is 6.75. The van der Waals surface area contributed by atoms with Gasteiger partial charge in [0.2, 0.25) is 0 Å². The minimum absolute atomic E-state index is 0.758. The van der Waals surface area contributed by atoms with Crippen LogP contribution >= 0.6 is 0 Å². The van der Waals surface area contributed by atoms with Crippen LogP contribution in [0.1, 0.15) is 52.9 Å². The summed E-state index contributed by atoms with van der Waals surface area (Å²) in [6.45, 7) is 10.7. The number of unbranched alkanes of at least 4 members (excludes halogenated alkanes) is 1. The first-order chi connectivity index (χ1) is 7.27. The summed E-state index contributed by atoms with van der Waals surface area (Å²) in [7, 11) is 0. The molecule has 2 heteroatoms. The molecule has 2 nitrogen and oxygen atoms in total. The maximum absolute atomic E-state index is 3.63. The standard InChI is InChI=1S/C13H28N2/c1-4-6-7-12(3)15-10-8-13(5-2)14-9-11-15/h12-14H,4-11H2,1-3H3. The van der Waals surface area contributed by atoms with Gasteiger partial charge in [0.25, 0.3) is 0 Å². The minimum Gasteiger partial charge on any atom is -0.313 e. The first-order valence-electron chi connectivity index (χ1n) is 6.75. The molecule has 1 rings (SSSR count). The molecule has 90 valence electrons. The summed E-state index contributed by atoms with van der Waals surface area (Å²) in [5.74, 6) is 0. The van der Waals surface area contributed by atoms with E-state index in [2.05, 4.69) is 31.0 Å². The molecule has 0 spiro atoms. The van der Waals surface area contributed by atoms with Crippen molar-refractivity contribution in [3.8, 4) is 0 Å². The van der Waals surface area contributed by atoms with Crippen LogP contribution in [0.15, 0.2) is 0 Å². The number of rotatable bonds is 5. The quantitative estimate of drug-likeness (QED) is 0.753. The number of nitrogens with zero attached hydrogens (tertiary/aromatic N) is 1. The van der Waals surface area contributed by atoms with Crippen molar-refractivity contribution in [1.82, 2.24) is 10.2 Å². The van der Waals surface area contributed by atoms with Gasteiger partial charge in [-0.15, -0.1) is 0 Å². The summed E-state index contributed by atoms with van der Waals surface area (Å²) in [4.78, 5) is 2.66. The Morgan fingerprint density at radius 3 is 2.80 bits per heavy atom. The molecule has 1 aliphatic heterocycles. The second kappa shape index (κ2) is 7.24. The average molecular weight is 212 g/mol. The maximum atomic E-state index is 3.63. The van der Waals surface area contributed by atoms with E-state index in [0.717, 1.165) is 12.1 Å². The van der Waals surface area contributed by atoms with Crippen molar-refractivity contribution in [2.75, 3.05) is 19.6 Å². The molecule has 1 N–H and O–H groups in total. The average Bonchev–Trinajstić information content (AvgIpc) is 2.50. The van der Waals surface area contributed by atoms with Crippen molar-refractivity contribution < 1.29 is 0 Å². The molecular formula is C13H28N2. The van der Waals surface area contributed by atoms with E-state index in [1.54, 1.807) is 0 Å². The zero-order valence-electron chi connectivity index (χ0n) is 10.8. The Balaban J connectivity index is 2.29. The van der Waals surface area contributed by atoms with Crippen LogP contribution in [-0.4, -0.2) is 36.6 Å². The number of nitrogens with one attached hydrogen (secondary N) is 1. The van der Waals surface area contributed by atoms with Gasteiger partial charge in [0, 0.05) is 25.2 Å². The molecule has 0 saturated carbocycles. The molecule has 15 heavy (non-hydrogen) atoms. The van der Waals surface area contributed by atoms with Gasteiger partial charge in [-0.25, -0.2) is 0 Å². The smallest absolute Gasteiger partial charge is 0.0110 e. The van der Waals surface area contributed by atoms with Gasteiger partial charge in [-0.05, 0) is 32.7 Å². The summed E-state index contributed by atoms with van der Waals surface area (Å²) in [5.41, 5.74) is 0. The van der Waals surface area contributed by atoms with Gasteiger partial charge >= 0.3 is 0 Å². The van der Waals surface area contributed by atoms with E-state index in [1.165, 1.54) is 51.7 Å². The topological polar surface area (TPSA) is 15.3 Å². The third-order valence-electron chi connectivity index (χ3n) is 3.69. The molecule has 0 bridgehead atoms. The highest BCUT2D eigenvalue weighted by molar-refractivity contribution is 4.77. The molecule has 0 radical (unpaired) electrons. The molecule has 2 unspecified atom stereocenters. The summed E-state index contributed by atoms with van der Waals surface area (Å²) in [5, 5.41) is 3.63. The Kier molecular flexibility index (Phi) is 6.26. The molecular weight excluding hydrogens is 184 g/mol. The van der Waals surface area contributed by atoms with Gasteiger partial charge in [0.15, 0.2) is 0 Å². The Labute approximate surface area is 95.4 Å². The lowest BCUT2D eigenvalue weighted by molar-refractivity contribution is 0.208. The van der Waals surface area contributed by atoms with E-state index in [-0.39, 0.29) is 0 Å². The third kappa shape index (κ3) is 4.52. The molecule has 0 aromatic heterocycles. The normalized spacial score (nSPS) is 26.2. The monoisotopic (exact) mass is 212 g/mol. The SMILES string of the molecule is CCCCC(C)N1CCNC(CC)CC1. The van der Waals surface area contributed by atoms with Crippen LogP contribution in [0, 0.1) is 0 Å². The van der Waals surface area contributed by atoms with Crippen LogP contribution in [0.3, 0.4) is 0 Å². The third-order valence-corrected chi connectivity index (χ3v) is 3.69. The Bertz CT molecular complexity index is 159. The highest BCUT2D eigenvalue weighted by Gasteiger charge is 2.18. The summed E-state index contributed by atoms with van der Waals surface area (Å²) >= 11 is 0. The lowest BCUT2D eigenvalue weighted by atomic mass is 10.1. The fourth-order valence-corrected chi connectivity index (χ4v) is 2.42. The first kappa shape index (κ1) is 13.0. The molecule has 0 aromatic rings. The van der Waals surface area contributed by atoms with E-state index >= 15 is 0 Å². The maximum Gasteiger partial charge on any atom is 0.0110 e. The van der Waals surface area contributed by atoms with E-state index in [4.69, 9.17) is 0 Å². The number of hydrogen-bond donors (Lipinski definition) is 1. The molecule has 1 aliphatic rings. The highest BCUT2D eigenvalue weighted by atomic mass is 15.2. The van der Waals surface area contributed by atoms with Crippen LogP contribution in [0.2, 0.25) is 0 Å². The van der Waals surface area contributed by atoms with Crippen molar-refractivity contribution in [2.24, 2.45) is 0 Å². The molecule has 1 fully saturated rings. The minimum atomic E-state index is 0.758. The second-order valence-corrected chi connectivity index (χ2v) is 4.88. The van der Waals surface area contributed by atoms with Crippen LogP contribution in [0.4, 0.5) is 0 Å². The van der Waals surface area contributed by atoms with Gasteiger partial charge in [0.05, 0.1) is 0 Å². The zero-order chi connectivity index (χ0) is 11.1. The Morgan fingerprint density at radius 2 is 2.13 bits per heavy atom. The van der Waals surface area contributed by atoms with Crippen LogP contribution in [0.5, 0.6) is 0 Å². The fraction of sp³-hybridized carbons (Fsp3) is 1.00. The van der Waals surface area contributed by atoms with E-state index in [0.29, 0.717) is 0 Å². The van der Waals surface area contributed by atoms with Gasteiger partial charge in [-0.3, -0.25) is 4.90 Å². The highest BCUT2D eigenvalue weighted by Crippen LogP contribution is 2.12. The molecule has 0 amide bonds. The number of hydrogen-bond acceptors (Lipinski definition) is 2. The predicted molar refractivity (Wildman–Crippen MR) is 67.3 cm³/mol. The Hall–Kier alpha value is -0.0800. The van der Waals surface area contributed by atoms with E-state index < -0.39 is 0 Å². The predicted octanol–water partition coefficient (Wildman–Crippen LogP) is 2.64. The van der Waals surface area contributed by atoms with Gasteiger partial charge in [0.1, 0.15) is 0 Å². The zero-order valence-corrected chi connectivity index (χ0v) is 10.8. The molecule has 1 saturated heterocycles. The van der Waals surface area contributed by atoms with Crippen LogP contribution in [-0.2, 0) is 0 Å². The molecule has 0 aromatic carbocycles. The Morgan fingerprint density at radius 1 is 1.33 bits per heavy atom. The van der Waals surface area contributed by atoms with Crippen molar-refractivity contribution in [1.29, 1.82) is 0 Å². The lowest BCUT2D eigenvalue weighted by Crippen LogP contribution is -2.36. The molecule has 2 atom stereocenters. The summed E-state index contributed by atoms with van der Waals surface area (Å²) < 4.78 is 0. The van der Waals surface area contributed by atoms with Gasteiger partial charge in [-0.2, -0.15) is 0 Å².